The van der Waals surface area contributed by atoms with Gasteiger partial charge in [-0.25, -0.2) is 4.98 Å². The Kier molecular flexibility index (Phi) is 18.5. The first kappa shape index (κ1) is 55.5. The highest BCUT2D eigenvalue weighted by Crippen LogP contribution is 2.68. The van der Waals surface area contributed by atoms with E-state index < -0.39 is 36.3 Å². The fourth-order valence-electron chi connectivity index (χ4n) is 14.4. The Morgan fingerprint density at radius 2 is 1.52 bits per heavy atom. The number of amides is 3. The smallest absolute Gasteiger partial charge is 0.305 e. The summed E-state index contributed by atoms with van der Waals surface area (Å²) in [6.07, 6.45) is 10.0. The van der Waals surface area contributed by atoms with E-state index in [0.29, 0.717) is 73.4 Å². The van der Waals surface area contributed by atoms with Gasteiger partial charge in [-0.15, -0.1) is 0 Å². The Bertz CT molecular complexity index is 2520. The predicted octanol–water partition coefficient (Wildman–Crippen LogP) is 8.15. The van der Waals surface area contributed by atoms with Crippen molar-refractivity contribution in [3.63, 3.8) is 0 Å². The van der Waals surface area contributed by atoms with Crippen molar-refractivity contribution in [3.8, 4) is 0 Å². The van der Waals surface area contributed by atoms with Crippen LogP contribution in [-0.2, 0) is 23.9 Å². The molecule has 3 amide bonds. The summed E-state index contributed by atoms with van der Waals surface area (Å²) in [6.45, 7) is 7.17. The summed E-state index contributed by atoms with van der Waals surface area (Å²) in [6, 6.07) is 26.5. The molecule has 4 aliphatic carbocycles. The number of hydrogen-bond acceptors (Lipinski definition) is 12. The highest BCUT2D eigenvalue weighted by molar-refractivity contribution is 5.95. The number of nitrogens with one attached hydrogen (secondary N) is 4. The van der Waals surface area contributed by atoms with Crippen LogP contribution in [-0.4, -0.2) is 86.9 Å². The number of nitrogens with zero attached hydrogens (tertiary/aromatic N) is 2. The number of aromatic nitrogens is 2. The number of benzene rings is 2. The summed E-state index contributed by atoms with van der Waals surface area (Å²) in [7, 11) is 1.42. The van der Waals surface area contributed by atoms with Crippen molar-refractivity contribution < 1.29 is 39.2 Å². The van der Waals surface area contributed by atoms with Crippen LogP contribution in [0.5, 0.6) is 0 Å². The van der Waals surface area contributed by atoms with Crippen molar-refractivity contribution in [3.05, 3.63) is 120 Å². The minimum Gasteiger partial charge on any atom is -0.469 e. The molecule has 15 atom stereocenters. The highest BCUT2D eigenvalue weighted by Gasteiger charge is 2.65. The number of rotatable bonds is 22. The Morgan fingerprint density at radius 1 is 0.800 bits per heavy atom. The first-order valence-corrected chi connectivity index (χ1v) is 27.6. The van der Waals surface area contributed by atoms with E-state index in [-0.39, 0.29) is 88.9 Å². The molecular weight excluding hydrogens is 947 g/mol. The van der Waals surface area contributed by atoms with Crippen molar-refractivity contribution in [2.24, 2.45) is 52.1 Å². The summed E-state index contributed by atoms with van der Waals surface area (Å²) in [5.74, 6) is 0.301. The van der Waals surface area contributed by atoms with Crippen LogP contribution in [0.15, 0.2) is 103 Å². The van der Waals surface area contributed by atoms with E-state index in [0.717, 1.165) is 38.5 Å². The molecule has 9 N–H and O–H groups in total. The lowest BCUT2D eigenvalue weighted by atomic mass is 9.43. The van der Waals surface area contributed by atoms with Crippen LogP contribution in [0.1, 0.15) is 146 Å². The number of anilines is 2. The van der Waals surface area contributed by atoms with Crippen LogP contribution in [0.4, 0.5) is 11.5 Å². The summed E-state index contributed by atoms with van der Waals surface area (Å²) < 4.78 is 4.91. The Morgan fingerprint density at radius 3 is 2.25 bits per heavy atom. The zero-order valence-electron chi connectivity index (χ0n) is 44.3. The summed E-state index contributed by atoms with van der Waals surface area (Å²) in [5.41, 5.74) is 8.72. The SMILES string of the molecule is COC(=O)CCC(C)C1CC[C@H]2[C@@H]3[C@H](O)C[C@@H]4C[C@@H](NC(=O)CCC(=O)NCCCC[C@H](N)C(=O)Nc5ccccc5C(Nc5ccccn5)C(c5ccccn5)C(O)c5ccccc5)CC[C@]4(C)[C@H]3C[C@H](O)[C@]12C. The van der Waals surface area contributed by atoms with Gasteiger partial charge in [0.05, 0.1) is 43.4 Å². The molecule has 0 bridgehead atoms. The maximum atomic E-state index is 13.7. The number of unbranched alkanes of at least 4 members (excludes halogenated alkanes) is 1. The third-order valence-electron chi connectivity index (χ3n) is 18.5. The fraction of sp³-hybridized carbons (Fsp3) is 0.567. The second kappa shape index (κ2) is 24.9. The van der Waals surface area contributed by atoms with Gasteiger partial charge in [0.2, 0.25) is 17.7 Å². The number of fused-ring (bicyclic) bond motifs is 5. The quantitative estimate of drug-likeness (QED) is 0.0275. The van der Waals surface area contributed by atoms with Gasteiger partial charge in [0.25, 0.3) is 0 Å². The van der Waals surface area contributed by atoms with Gasteiger partial charge < -0.3 is 47.1 Å². The molecule has 4 aliphatic rings. The highest BCUT2D eigenvalue weighted by atomic mass is 16.5. The number of carbonyl (C=O) groups excluding carboxylic acids is 4. The third-order valence-corrected chi connectivity index (χ3v) is 18.5. The number of methoxy groups -OCH3 is 1. The number of pyridine rings is 2. The standard InChI is InChI=1S/C60H81N7O8/c1-37(23-28-53(72)75-4)42-24-25-43-54-44(36-49(69)60(42,43)3)59(2)30-29-40(34-39(59)35-48(54)68)65-52(71)27-26-51(70)64-33-13-10-19-45(61)58(74)66-46-20-9-8-18-41(46)56(67-50-22-12-15-32-63-50)55(47-21-11-14-31-62-47)57(73)38-16-6-5-7-17-38/h5-9,11-12,14-18,20-22,31-32,37,39-40,42-45,48-49,54-57,68-69,73H,10,13,19,23-30,33-36,61H2,1-4H3,(H,63,67)(H,64,70)(H,65,71)(H,66,74)/t37?,39-,40-,42?,43-,44-,45-,48+,49-,54-,55?,56?,57?,59-,60+/m0/s1. The van der Waals surface area contributed by atoms with E-state index in [2.05, 4.69) is 52.0 Å². The van der Waals surface area contributed by atoms with Crippen molar-refractivity contribution in [2.75, 3.05) is 24.3 Å². The molecule has 15 heteroatoms. The minimum atomic E-state index is -0.983. The first-order chi connectivity index (χ1) is 36.1. The van der Waals surface area contributed by atoms with E-state index in [1.54, 1.807) is 12.4 Å². The van der Waals surface area contributed by atoms with Crippen LogP contribution in [0, 0.1) is 46.3 Å². The number of ether oxygens (including phenoxy) is 1. The number of carbonyl (C=O) groups is 4. The number of nitrogens with two attached hydrogens (primary N) is 1. The van der Waals surface area contributed by atoms with Crippen LogP contribution < -0.4 is 27.0 Å². The molecule has 4 saturated carbocycles. The van der Waals surface area contributed by atoms with Gasteiger partial charge in [-0.1, -0.05) is 81.4 Å². The van der Waals surface area contributed by atoms with Crippen molar-refractivity contribution in [2.45, 2.75) is 153 Å². The summed E-state index contributed by atoms with van der Waals surface area (Å²) in [5, 5.41) is 48.7. The van der Waals surface area contributed by atoms with Gasteiger partial charge in [-0.2, -0.15) is 0 Å². The van der Waals surface area contributed by atoms with Crippen LogP contribution in [0.2, 0.25) is 0 Å². The predicted molar refractivity (Wildman–Crippen MR) is 288 cm³/mol. The van der Waals surface area contributed by atoms with E-state index in [1.807, 2.05) is 91.0 Å². The molecule has 0 radical (unpaired) electrons. The van der Waals surface area contributed by atoms with E-state index >= 15 is 0 Å². The van der Waals surface area contributed by atoms with Gasteiger partial charge in [0.1, 0.15) is 5.82 Å². The van der Waals surface area contributed by atoms with Gasteiger partial charge >= 0.3 is 5.97 Å². The fourth-order valence-corrected chi connectivity index (χ4v) is 14.4. The minimum absolute atomic E-state index is 0.0386. The zero-order valence-corrected chi connectivity index (χ0v) is 44.3. The lowest BCUT2D eigenvalue weighted by Crippen LogP contribution is -2.63. The van der Waals surface area contributed by atoms with Crippen molar-refractivity contribution in [1.29, 1.82) is 0 Å². The average Bonchev–Trinajstić information content (AvgIpc) is 3.82. The Hall–Kier alpha value is -5.74. The molecule has 404 valence electrons. The molecule has 0 spiro atoms. The van der Waals surface area contributed by atoms with Crippen LogP contribution in [0.3, 0.4) is 0 Å². The topological polar surface area (TPSA) is 238 Å². The monoisotopic (exact) mass is 1030 g/mol. The number of aliphatic hydroxyl groups excluding tert-OH is 3. The lowest BCUT2D eigenvalue weighted by molar-refractivity contribution is -0.202. The van der Waals surface area contributed by atoms with Crippen molar-refractivity contribution >= 4 is 35.2 Å². The molecule has 8 rings (SSSR count). The first-order valence-electron chi connectivity index (χ1n) is 27.6. The van der Waals surface area contributed by atoms with E-state index in [1.165, 1.54) is 7.11 Å². The Balaban J connectivity index is 0.784. The van der Waals surface area contributed by atoms with Crippen LogP contribution in [0.25, 0.3) is 0 Å². The van der Waals surface area contributed by atoms with Gasteiger partial charge in [0.15, 0.2) is 0 Å². The molecule has 15 nitrogen and oxygen atoms in total. The molecular formula is C60H81N7O8. The normalized spacial score (nSPS) is 28.9. The van der Waals surface area contributed by atoms with Gasteiger partial charge in [0, 0.05) is 55.6 Å². The van der Waals surface area contributed by atoms with Crippen molar-refractivity contribution in [1.82, 2.24) is 20.6 Å². The van der Waals surface area contributed by atoms with Gasteiger partial charge in [-0.05, 0) is 158 Å². The largest absolute Gasteiger partial charge is 0.469 e. The second-order valence-corrected chi connectivity index (χ2v) is 22.7. The molecule has 2 heterocycles. The zero-order chi connectivity index (χ0) is 53.3. The molecule has 0 aliphatic heterocycles. The number of esters is 1. The molecule has 2 aromatic carbocycles. The maximum absolute atomic E-state index is 13.7. The molecule has 0 saturated heterocycles. The summed E-state index contributed by atoms with van der Waals surface area (Å²) in [4.78, 5) is 61.0. The summed E-state index contributed by atoms with van der Waals surface area (Å²) >= 11 is 0. The van der Waals surface area contributed by atoms with Crippen LogP contribution >= 0.6 is 0 Å². The molecule has 5 unspecified atom stereocenters. The number of hydrogen-bond donors (Lipinski definition) is 8. The Labute approximate surface area is 443 Å². The number of aliphatic hydroxyl groups is 3. The van der Waals surface area contributed by atoms with Gasteiger partial charge in [-0.3, -0.25) is 24.2 Å². The maximum Gasteiger partial charge on any atom is 0.305 e. The van der Waals surface area contributed by atoms with E-state index in [4.69, 9.17) is 10.5 Å². The third kappa shape index (κ3) is 12.6. The number of para-hydroxylation sites is 1. The average molecular weight is 1030 g/mol. The molecule has 4 aromatic rings. The van der Waals surface area contributed by atoms with E-state index in [9.17, 15) is 34.5 Å². The second-order valence-electron chi connectivity index (χ2n) is 22.7. The lowest BCUT2D eigenvalue weighted by Gasteiger charge is -2.63. The molecule has 4 fully saturated rings. The molecule has 75 heavy (non-hydrogen) atoms. The molecule has 2 aromatic heterocycles.